The van der Waals surface area contributed by atoms with Crippen LogP contribution in [-0.4, -0.2) is 21.2 Å². The van der Waals surface area contributed by atoms with Crippen LogP contribution >= 0.6 is 0 Å². The van der Waals surface area contributed by atoms with Gasteiger partial charge in [-0.05, 0) is 43.0 Å². The van der Waals surface area contributed by atoms with Crippen LogP contribution in [0.3, 0.4) is 0 Å². The van der Waals surface area contributed by atoms with Gasteiger partial charge < -0.3 is 4.43 Å². The molecule has 0 saturated carbocycles. The molecule has 0 saturated heterocycles. The smallest absolute Gasteiger partial charge is 0.191 e. The Bertz CT molecular complexity index is 309. The largest absolute Gasteiger partial charge is 0.417 e. The first-order chi connectivity index (χ1) is 8.03. The molecular formula is C15H30O2Si. The van der Waals surface area contributed by atoms with Crippen LogP contribution in [0.4, 0.5) is 0 Å². The summed E-state index contributed by atoms with van der Waals surface area (Å²) in [5.74, 6) is 0.415. The Hall–Kier alpha value is -0.413. The van der Waals surface area contributed by atoms with Crippen molar-refractivity contribution in [3.05, 3.63) is 11.1 Å². The quantitative estimate of drug-likeness (QED) is 0.401. The Morgan fingerprint density at radius 2 is 1.78 bits per heavy atom. The van der Waals surface area contributed by atoms with Crippen LogP contribution in [0.5, 0.6) is 0 Å². The Morgan fingerprint density at radius 3 is 2.11 bits per heavy atom. The van der Waals surface area contributed by atoms with Gasteiger partial charge in [0.25, 0.3) is 0 Å². The molecule has 0 aromatic carbocycles. The van der Waals surface area contributed by atoms with Gasteiger partial charge in [-0.25, -0.2) is 0 Å². The van der Waals surface area contributed by atoms with Gasteiger partial charge in [0.05, 0.1) is 0 Å². The fourth-order valence-corrected chi connectivity index (χ4v) is 2.69. The molecule has 0 aromatic heterocycles. The van der Waals surface area contributed by atoms with Crippen LogP contribution in [-0.2, 0) is 9.22 Å². The number of hydrogen-bond donors (Lipinski definition) is 0. The third kappa shape index (κ3) is 5.07. The molecule has 0 aliphatic carbocycles. The van der Waals surface area contributed by atoms with E-state index in [4.69, 9.17) is 4.43 Å². The second-order valence-corrected chi connectivity index (χ2v) is 11.6. The first-order valence-corrected chi connectivity index (χ1v) is 9.72. The third-order valence-corrected chi connectivity index (χ3v) is 8.56. The number of hydrogen-bond acceptors (Lipinski definition) is 2. The van der Waals surface area contributed by atoms with Crippen LogP contribution in [0.25, 0.3) is 0 Å². The van der Waals surface area contributed by atoms with E-state index in [0.717, 1.165) is 24.9 Å². The van der Waals surface area contributed by atoms with Crippen molar-refractivity contribution in [3.8, 4) is 0 Å². The summed E-state index contributed by atoms with van der Waals surface area (Å²) in [5, 5.41) is 0.244. The average Bonchev–Trinajstić information content (AvgIpc) is 2.21. The van der Waals surface area contributed by atoms with Crippen molar-refractivity contribution in [3.63, 3.8) is 0 Å². The van der Waals surface area contributed by atoms with E-state index in [1.165, 1.54) is 5.57 Å². The molecule has 0 heterocycles. The molecule has 0 aromatic rings. The minimum absolute atomic E-state index is 0.244. The van der Waals surface area contributed by atoms with Crippen molar-refractivity contribution in [1.82, 2.24) is 0 Å². The van der Waals surface area contributed by atoms with Crippen LogP contribution in [0.1, 0.15) is 48.0 Å². The first kappa shape index (κ1) is 17.6. The van der Waals surface area contributed by atoms with Gasteiger partial charge >= 0.3 is 0 Å². The van der Waals surface area contributed by atoms with Gasteiger partial charge in [-0.3, -0.25) is 4.79 Å². The minimum atomic E-state index is -1.66. The second-order valence-electron chi connectivity index (χ2n) is 6.84. The van der Waals surface area contributed by atoms with E-state index >= 15 is 0 Å². The van der Waals surface area contributed by atoms with Crippen molar-refractivity contribution in [1.29, 1.82) is 0 Å². The monoisotopic (exact) mass is 270 g/mol. The lowest BCUT2D eigenvalue weighted by Gasteiger charge is -2.36. The van der Waals surface area contributed by atoms with Crippen molar-refractivity contribution in [2.45, 2.75) is 66.1 Å². The van der Waals surface area contributed by atoms with E-state index in [9.17, 15) is 4.79 Å². The lowest BCUT2D eigenvalue weighted by atomic mass is 9.96. The normalized spacial score (nSPS) is 14.7. The van der Waals surface area contributed by atoms with Gasteiger partial charge in [0.1, 0.15) is 6.29 Å². The number of allylic oxidation sites excluding steroid dienone is 1. The summed E-state index contributed by atoms with van der Waals surface area (Å²) < 4.78 is 6.16. The number of rotatable bonds is 6. The van der Waals surface area contributed by atoms with Crippen LogP contribution in [0.2, 0.25) is 18.1 Å². The highest BCUT2D eigenvalue weighted by molar-refractivity contribution is 6.74. The second kappa shape index (κ2) is 6.67. The maximum absolute atomic E-state index is 10.9. The molecule has 3 heteroatoms. The molecule has 0 N–H and O–H groups in total. The number of carbonyl (C=O) groups excluding carboxylic acids is 1. The van der Waals surface area contributed by atoms with Crippen molar-refractivity contribution in [2.24, 2.45) is 5.92 Å². The van der Waals surface area contributed by atoms with E-state index in [2.05, 4.69) is 47.7 Å². The van der Waals surface area contributed by atoms with Gasteiger partial charge in [-0.2, -0.15) is 0 Å². The molecule has 0 unspecified atom stereocenters. The van der Waals surface area contributed by atoms with Crippen LogP contribution in [0, 0.1) is 5.92 Å². The lowest BCUT2D eigenvalue weighted by Crippen LogP contribution is -2.41. The summed E-state index contributed by atoms with van der Waals surface area (Å²) in [5.41, 5.74) is 2.09. The third-order valence-electron chi connectivity index (χ3n) is 4.02. The van der Waals surface area contributed by atoms with E-state index in [0.29, 0.717) is 5.92 Å². The van der Waals surface area contributed by atoms with Crippen molar-refractivity contribution in [2.75, 3.05) is 6.61 Å². The first-order valence-electron chi connectivity index (χ1n) is 6.81. The summed E-state index contributed by atoms with van der Waals surface area (Å²) in [7, 11) is -1.66. The average molecular weight is 270 g/mol. The standard InChI is InChI=1S/C15H30O2Si/c1-12(2)14(13(3)11-16)9-10-17-18(7,8)15(4,5)6/h11-12H,9-10H2,1-8H3/b14-13+. The Kier molecular flexibility index (Phi) is 6.51. The van der Waals surface area contributed by atoms with Gasteiger partial charge in [-0.15, -0.1) is 0 Å². The summed E-state index contributed by atoms with van der Waals surface area (Å²) in [6, 6.07) is 0. The molecule has 0 aliphatic heterocycles. The highest BCUT2D eigenvalue weighted by atomic mass is 28.4. The predicted molar refractivity (Wildman–Crippen MR) is 81.4 cm³/mol. The van der Waals surface area contributed by atoms with Crippen molar-refractivity contribution < 1.29 is 9.22 Å². The molecule has 0 fully saturated rings. The Morgan fingerprint density at radius 1 is 1.28 bits per heavy atom. The summed E-state index contributed by atoms with van der Waals surface area (Å²) in [6.45, 7) is 18.2. The molecule has 2 nitrogen and oxygen atoms in total. The number of carbonyl (C=O) groups is 1. The maximum Gasteiger partial charge on any atom is 0.191 e. The summed E-state index contributed by atoms with van der Waals surface area (Å²) in [6.07, 6.45) is 1.83. The van der Waals surface area contributed by atoms with E-state index < -0.39 is 8.32 Å². The topological polar surface area (TPSA) is 26.3 Å². The molecule has 0 bridgehead atoms. The zero-order chi connectivity index (χ0) is 14.6. The molecule has 106 valence electrons. The van der Waals surface area contributed by atoms with Crippen molar-refractivity contribution >= 4 is 14.6 Å². The molecular weight excluding hydrogens is 240 g/mol. The van der Waals surface area contributed by atoms with Crippen LogP contribution in [0.15, 0.2) is 11.1 Å². The zero-order valence-corrected chi connectivity index (χ0v) is 14.4. The zero-order valence-electron chi connectivity index (χ0n) is 13.4. The van der Waals surface area contributed by atoms with E-state index in [-0.39, 0.29) is 5.04 Å². The van der Waals surface area contributed by atoms with E-state index in [1.807, 2.05) is 6.92 Å². The highest BCUT2D eigenvalue weighted by Crippen LogP contribution is 2.36. The summed E-state index contributed by atoms with van der Waals surface area (Å²) in [4.78, 5) is 10.9. The van der Waals surface area contributed by atoms with Gasteiger partial charge in [0, 0.05) is 6.61 Å². The van der Waals surface area contributed by atoms with E-state index in [1.54, 1.807) is 0 Å². The van der Waals surface area contributed by atoms with Crippen LogP contribution < -0.4 is 0 Å². The maximum atomic E-state index is 10.9. The Labute approximate surface area is 114 Å². The lowest BCUT2D eigenvalue weighted by molar-refractivity contribution is -0.104. The molecule has 0 amide bonds. The highest BCUT2D eigenvalue weighted by Gasteiger charge is 2.36. The molecule has 0 rings (SSSR count). The molecule has 18 heavy (non-hydrogen) atoms. The van der Waals surface area contributed by atoms with Gasteiger partial charge in [-0.1, -0.05) is 40.2 Å². The van der Waals surface area contributed by atoms with Gasteiger partial charge in [0.15, 0.2) is 8.32 Å². The SMILES string of the molecule is C/C(C=O)=C(/CCO[Si](C)(C)C(C)(C)C)C(C)C. The number of aldehydes is 1. The molecule has 0 aliphatic rings. The molecule has 0 atom stereocenters. The minimum Gasteiger partial charge on any atom is -0.417 e. The summed E-state index contributed by atoms with van der Waals surface area (Å²) >= 11 is 0. The van der Waals surface area contributed by atoms with Gasteiger partial charge in [0.2, 0.25) is 0 Å². The fraction of sp³-hybridized carbons (Fsp3) is 0.800. The Balaban J connectivity index is 4.56. The fourth-order valence-electron chi connectivity index (χ4n) is 1.65. The molecule has 0 spiro atoms. The predicted octanol–water partition coefficient (Wildman–Crippen LogP) is 4.57. The molecule has 0 radical (unpaired) electrons.